The average molecular weight is 416 g/mol. The molecule has 0 atom stereocenters. The lowest BCUT2D eigenvalue weighted by atomic mass is 10.0. The number of hydrogen-bond donors (Lipinski definition) is 0. The van der Waals surface area contributed by atoms with Crippen LogP contribution in [0.15, 0.2) is 66.7 Å². The summed E-state index contributed by atoms with van der Waals surface area (Å²) >= 11 is 0. The van der Waals surface area contributed by atoms with Crippen molar-refractivity contribution < 1.29 is 23.5 Å². The van der Waals surface area contributed by atoms with Crippen molar-refractivity contribution in [3.05, 3.63) is 94.8 Å². The van der Waals surface area contributed by atoms with Crippen molar-refractivity contribution in [2.24, 2.45) is 0 Å². The molecule has 0 spiro atoms. The Morgan fingerprint density at radius 3 is 2.03 bits per heavy atom. The summed E-state index contributed by atoms with van der Waals surface area (Å²) in [4.78, 5) is 25.1. The molecule has 0 saturated carbocycles. The SMILES string of the molecule is C#CCOc1ccc(C(=O)c2ccc(OC(=O)c3cc(F)cc(C(C)C)c3)cc2)cc1. The van der Waals surface area contributed by atoms with E-state index in [0.717, 1.165) is 6.07 Å². The molecule has 31 heavy (non-hydrogen) atoms. The third kappa shape index (κ3) is 5.58. The molecule has 3 aromatic carbocycles. The van der Waals surface area contributed by atoms with Gasteiger partial charge >= 0.3 is 5.97 Å². The van der Waals surface area contributed by atoms with Crippen LogP contribution in [-0.2, 0) is 0 Å². The normalized spacial score (nSPS) is 10.4. The molecule has 3 rings (SSSR count). The number of ketones is 1. The van der Waals surface area contributed by atoms with Crippen LogP contribution in [0.1, 0.15) is 51.6 Å². The summed E-state index contributed by atoms with van der Waals surface area (Å²) in [6, 6.07) is 17.0. The summed E-state index contributed by atoms with van der Waals surface area (Å²) in [5.41, 5.74) is 1.77. The van der Waals surface area contributed by atoms with Crippen LogP contribution in [0.4, 0.5) is 4.39 Å². The Bertz CT molecular complexity index is 1120. The second-order valence-corrected chi connectivity index (χ2v) is 7.19. The number of rotatable bonds is 7. The van der Waals surface area contributed by atoms with Gasteiger partial charge in [-0.2, -0.15) is 0 Å². The van der Waals surface area contributed by atoms with Crippen molar-refractivity contribution in [1.82, 2.24) is 0 Å². The fourth-order valence-electron chi connectivity index (χ4n) is 2.90. The molecule has 0 aliphatic carbocycles. The van der Waals surface area contributed by atoms with Gasteiger partial charge in [0.1, 0.15) is 23.9 Å². The highest BCUT2D eigenvalue weighted by Crippen LogP contribution is 2.21. The molecule has 0 fully saturated rings. The molecule has 0 amide bonds. The van der Waals surface area contributed by atoms with Crippen molar-refractivity contribution in [1.29, 1.82) is 0 Å². The van der Waals surface area contributed by atoms with Gasteiger partial charge in [0.15, 0.2) is 5.78 Å². The molecule has 156 valence electrons. The average Bonchev–Trinajstić information content (AvgIpc) is 2.77. The first-order valence-electron chi connectivity index (χ1n) is 9.71. The molecule has 4 nitrogen and oxygen atoms in total. The number of carbonyl (C=O) groups is 2. The summed E-state index contributed by atoms with van der Waals surface area (Å²) in [6.45, 7) is 3.98. The van der Waals surface area contributed by atoms with Crippen LogP contribution in [0.25, 0.3) is 0 Å². The first-order valence-corrected chi connectivity index (χ1v) is 9.71. The molecule has 0 aliphatic heterocycles. The van der Waals surface area contributed by atoms with E-state index in [1.807, 2.05) is 13.8 Å². The predicted octanol–water partition coefficient (Wildman–Crippen LogP) is 5.41. The van der Waals surface area contributed by atoms with Gasteiger partial charge in [-0.15, -0.1) is 6.42 Å². The standard InChI is InChI=1S/C26H21FO4/c1-4-13-30-23-9-5-18(6-10-23)25(28)19-7-11-24(12-8-19)31-26(29)21-14-20(17(2)3)15-22(27)16-21/h1,5-12,14-17H,13H2,2-3H3. The summed E-state index contributed by atoms with van der Waals surface area (Å²) in [6.07, 6.45) is 5.15. The Morgan fingerprint density at radius 1 is 0.903 bits per heavy atom. The van der Waals surface area contributed by atoms with Crippen LogP contribution in [-0.4, -0.2) is 18.4 Å². The summed E-state index contributed by atoms with van der Waals surface area (Å²) in [7, 11) is 0. The summed E-state index contributed by atoms with van der Waals surface area (Å²) in [5.74, 6) is 1.95. The fraction of sp³-hybridized carbons (Fsp3) is 0.154. The molecule has 0 unspecified atom stereocenters. The number of esters is 1. The van der Waals surface area contributed by atoms with Crippen LogP contribution in [0, 0.1) is 18.2 Å². The molecular formula is C26H21FO4. The zero-order valence-electron chi connectivity index (χ0n) is 17.2. The first-order chi connectivity index (χ1) is 14.9. The van der Waals surface area contributed by atoms with E-state index in [0.29, 0.717) is 22.4 Å². The molecule has 0 N–H and O–H groups in total. The minimum absolute atomic E-state index is 0.0745. The van der Waals surface area contributed by atoms with Gasteiger partial charge in [0, 0.05) is 11.1 Å². The van der Waals surface area contributed by atoms with Gasteiger partial charge in [-0.3, -0.25) is 4.79 Å². The van der Waals surface area contributed by atoms with Crippen LogP contribution in [0.2, 0.25) is 0 Å². The highest BCUT2D eigenvalue weighted by molar-refractivity contribution is 6.09. The monoisotopic (exact) mass is 416 g/mol. The smallest absolute Gasteiger partial charge is 0.343 e. The number of hydrogen-bond acceptors (Lipinski definition) is 4. The number of halogens is 1. The van der Waals surface area contributed by atoms with Gasteiger partial charge in [-0.05, 0) is 78.2 Å². The predicted molar refractivity (Wildman–Crippen MR) is 116 cm³/mol. The minimum Gasteiger partial charge on any atom is -0.481 e. The lowest BCUT2D eigenvalue weighted by Crippen LogP contribution is -2.10. The highest BCUT2D eigenvalue weighted by Gasteiger charge is 2.14. The molecule has 0 aromatic heterocycles. The lowest BCUT2D eigenvalue weighted by Gasteiger charge is -2.09. The molecule has 0 saturated heterocycles. The Morgan fingerprint density at radius 2 is 1.48 bits per heavy atom. The lowest BCUT2D eigenvalue weighted by molar-refractivity contribution is 0.0734. The van der Waals surface area contributed by atoms with E-state index < -0.39 is 11.8 Å². The van der Waals surface area contributed by atoms with Crippen molar-refractivity contribution >= 4 is 11.8 Å². The quantitative estimate of drug-likeness (QED) is 0.224. The molecule has 5 heteroatoms. The topological polar surface area (TPSA) is 52.6 Å². The zero-order valence-corrected chi connectivity index (χ0v) is 17.2. The van der Waals surface area contributed by atoms with Crippen LogP contribution in [0.3, 0.4) is 0 Å². The maximum absolute atomic E-state index is 13.8. The maximum Gasteiger partial charge on any atom is 0.343 e. The Labute approximate surface area is 180 Å². The third-order valence-corrected chi connectivity index (χ3v) is 4.59. The van der Waals surface area contributed by atoms with E-state index in [2.05, 4.69) is 5.92 Å². The van der Waals surface area contributed by atoms with E-state index in [9.17, 15) is 14.0 Å². The van der Waals surface area contributed by atoms with Crippen LogP contribution < -0.4 is 9.47 Å². The molecule has 0 aliphatic rings. The molecule has 0 heterocycles. The number of terminal acetylenes is 1. The summed E-state index contributed by atoms with van der Waals surface area (Å²) < 4.78 is 24.4. The Balaban J connectivity index is 1.69. The van der Waals surface area contributed by atoms with Gasteiger partial charge in [0.2, 0.25) is 0 Å². The van der Waals surface area contributed by atoms with Crippen molar-refractivity contribution in [3.63, 3.8) is 0 Å². The zero-order chi connectivity index (χ0) is 22.4. The van der Waals surface area contributed by atoms with Gasteiger partial charge in [-0.1, -0.05) is 19.8 Å². The molecule has 0 bridgehead atoms. The van der Waals surface area contributed by atoms with E-state index in [1.165, 1.54) is 18.2 Å². The van der Waals surface area contributed by atoms with Crippen LogP contribution >= 0.6 is 0 Å². The molecule has 3 aromatic rings. The fourth-order valence-corrected chi connectivity index (χ4v) is 2.90. The second kappa shape index (κ2) is 9.73. The van der Waals surface area contributed by atoms with Crippen molar-refractivity contribution in [2.45, 2.75) is 19.8 Å². The van der Waals surface area contributed by atoms with E-state index in [-0.39, 0.29) is 29.6 Å². The largest absolute Gasteiger partial charge is 0.481 e. The van der Waals surface area contributed by atoms with Gasteiger partial charge in [0.05, 0.1) is 5.56 Å². The van der Waals surface area contributed by atoms with Gasteiger partial charge < -0.3 is 9.47 Å². The third-order valence-electron chi connectivity index (χ3n) is 4.59. The van der Waals surface area contributed by atoms with Crippen molar-refractivity contribution in [3.8, 4) is 23.8 Å². The minimum atomic E-state index is -0.664. The summed E-state index contributed by atoms with van der Waals surface area (Å²) in [5, 5.41) is 0. The van der Waals surface area contributed by atoms with Gasteiger partial charge in [0.25, 0.3) is 0 Å². The Kier molecular flexibility index (Phi) is 6.84. The second-order valence-electron chi connectivity index (χ2n) is 7.19. The number of carbonyl (C=O) groups excluding carboxylic acids is 2. The number of benzene rings is 3. The molecular weight excluding hydrogens is 395 g/mol. The molecule has 0 radical (unpaired) electrons. The van der Waals surface area contributed by atoms with E-state index >= 15 is 0 Å². The number of ether oxygens (including phenoxy) is 2. The first kappa shape index (κ1) is 21.8. The van der Waals surface area contributed by atoms with E-state index in [1.54, 1.807) is 42.5 Å². The van der Waals surface area contributed by atoms with E-state index in [4.69, 9.17) is 15.9 Å². The van der Waals surface area contributed by atoms with Crippen LogP contribution in [0.5, 0.6) is 11.5 Å². The van der Waals surface area contributed by atoms with Gasteiger partial charge in [-0.25, -0.2) is 9.18 Å². The van der Waals surface area contributed by atoms with Crippen molar-refractivity contribution in [2.75, 3.05) is 6.61 Å². The Hall–Kier alpha value is -3.91. The maximum atomic E-state index is 13.8. The highest BCUT2D eigenvalue weighted by atomic mass is 19.1.